The number of nitrogens with zero attached hydrogens (tertiary/aromatic N) is 4. The Hall–Kier alpha value is -3.13. The van der Waals surface area contributed by atoms with Crippen molar-refractivity contribution < 1.29 is 9.53 Å². The van der Waals surface area contributed by atoms with E-state index in [1.807, 2.05) is 30.7 Å². The van der Waals surface area contributed by atoms with Gasteiger partial charge < -0.3 is 15.4 Å². The van der Waals surface area contributed by atoms with Crippen LogP contribution in [0.5, 0.6) is 5.75 Å². The summed E-state index contributed by atoms with van der Waals surface area (Å²) < 4.78 is 7.29. The van der Waals surface area contributed by atoms with E-state index in [0.29, 0.717) is 35.5 Å². The normalized spacial score (nSPS) is 10.5. The Morgan fingerprint density at radius 1 is 1.18 bits per heavy atom. The van der Waals surface area contributed by atoms with E-state index in [0.717, 1.165) is 11.6 Å². The van der Waals surface area contributed by atoms with Crippen molar-refractivity contribution in [1.29, 1.82) is 0 Å². The summed E-state index contributed by atoms with van der Waals surface area (Å²) in [4.78, 5) is 24.9. The number of nitrogens with one attached hydrogen (secondary N) is 2. The van der Waals surface area contributed by atoms with Crippen LogP contribution in [0.15, 0.2) is 42.7 Å². The molecule has 2 N–H and O–H groups in total. The average molecular weight is 401 g/mol. The van der Waals surface area contributed by atoms with Crippen molar-refractivity contribution in [1.82, 2.24) is 24.8 Å². The summed E-state index contributed by atoms with van der Waals surface area (Å²) in [5.74, 6) is 3.31. The van der Waals surface area contributed by atoms with Gasteiger partial charge in [0.25, 0.3) is 5.91 Å². The van der Waals surface area contributed by atoms with Gasteiger partial charge in [0.05, 0.1) is 0 Å². The molecule has 0 aliphatic rings. The standard InChI is InChI=1S/C19H21ClN6O2/c1-13-24-17(11-18(25-13)26-10-9-21-14(26)2)22-7-8-23-19(27)12-28-16-5-3-15(20)4-6-16/h3-6,9-11H,7-8,12H2,1-2H3,(H,23,27)(H,22,24,25). The van der Waals surface area contributed by atoms with Crippen LogP contribution in [0.1, 0.15) is 11.6 Å². The second kappa shape index (κ2) is 9.18. The van der Waals surface area contributed by atoms with Crippen molar-refractivity contribution in [3.8, 4) is 11.6 Å². The summed E-state index contributed by atoms with van der Waals surface area (Å²) in [6, 6.07) is 8.69. The molecule has 0 bridgehead atoms. The number of hydrogen-bond donors (Lipinski definition) is 2. The number of halogens is 1. The fourth-order valence-corrected chi connectivity index (χ4v) is 2.64. The molecule has 2 heterocycles. The lowest BCUT2D eigenvalue weighted by molar-refractivity contribution is -0.123. The van der Waals surface area contributed by atoms with Crippen LogP contribution >= 0.6 is 11.6 Å². The first-order chi connectivity index (χ1) is 13.5. The van der Waals surface area contributed by atoms with Gasteiger partial charge in [0.15, 0.2) is 6.61 Å². The SMILES string of the molecule is Cc1nc(NCCNC(=O)COc2ccc(Cl)cc2)cc(-n2ccnc2C)n1. The Morgan fingerprint density at radius 2 is 1.96 bits per heavy atom. The van der Waals surface area contributed by atoms with Crippen molar-refractivity contribution in [3.63, 3.8) is 0 Å². The van der Waals surface area contributed by atoms with Crippen LogP contribution < -0.4 is 15.4 Å². The van der Waals surface area contributed by atoms with Gasteiger partial charge in [-0.15, -0.1) is 0 Å². The predicted molar refractivity (Wildman–Crippen MR) is 107 cm³/mol. The van der Waals surface area contributed by atoms with E-state index in [-0.39, 0.29) is 12.5 Å². The zero-order chi connectivity index (χ0) is 19.9. The Labute approximate surface area is 167 Å². The van der Waals surface area contributed by atoms with Crippen molar-refractivity contribution in [3.05, 3.63) is 59.4 Å². The van der Waals surface area contributed by atoms with Crippen LogP contribution in [-0.4, -0.2) is 45.1 Å². The second-order valence-electron chi connectivity index (χ2n) is 6.02. The number of anilines is 1. The van der Waals surface area contributed by atoms with E-state index in [9.17, 15) is 4.79 Å². The summed E-state index contributed by atoms with van der Waals surface area (Å²) >= 11 is 5.81. The van der Waals surface area contributed by atoms with Crippen LogP contribution in [0.3, 0.4) is 0 Å². The van der Waals surface area contributed by atoms with Gasteiger partial charge in [-0.25, -0.2) is 15.0 Å². The Bertz CT molecular complexity index is 942. The quantitative estimate of drug-likeness (QED) is 0.564. The van der Waals surface area contributed by atoms with Crippen molar-refractivity contribution in [2.75, 3.05) is 25.0 Å². The molecule has 0 saturated carbocycles. The van der Waals surface area contributed by atoms with Gasteiger partial charge in [0.2, 0.25) is 0 Å². The van der Waals surface area contributed by atoms with E-state index >= 15 is 0 Å². The zero-order valence-corrected chi connectivity index (χ0v) is 16.4. The van der Waals surface area contributed by atoms with E-state index in [2.05, 4.69) is 25.6 Å². The third-order valence-electron chi connectivity index (χ3n) is 3.83. The van der Waals surface area contributed by atoms with Gasteiger partial charge in [-0.3, -0.25) is 9.36 Å². The van der Waals surface area contributed by atoms with Gasteiger partial charge in [-0.05, 0) is 38.1 Å². The maximum atomic E-state index is 11.9. The highest BCUT2D eigenvalue weighted by Crippen LogP contribution is 2.15. The van der Waals surface area contributed by atoms with Gasteiger partial charge in [0.1, 0.15) is 29.0 Å². The number of imidazole rings is 1. The van der Waals surface area contributed by atoms with Gasteiger partial charge in [0, 0.05) is 36.6 Å². The monoisotopic (exact) mass is 400 g/mol. The first-order valence-electron chi connectivity index (χ1n) is 8.76. The maximum Gasteiger partial charge on any atom is 0.258 e. The number of carbonyl (C=O) groups is 1. The molecule has 0 aliphatic heterocycles. The van der Waals surface area contributed by atoms with E-state index in [1.165, 1.54) is 0 Å². The summed E-state index contributed by atoms with van der Waals surface area (Å²) in [6.45, 7) is 4.64. The zero-order valence-electron chi connectivity index (χ0n) is 15.6. The van der Waals surface area contributed by atoms with Gasteiger partial charge >= 0.3 is 0 Å². The predicted octanol–water partition coefficient (Wildman–Crippen LogP) is 2.54. The minimum absolute atomic E-state index is 0.0572. The molecule has 2 aromatic heterocycles. The summed E-state index contributed by atoms with van der Waals surface area (Å²) in [5.41, 5.74) is 0. The molecular weight excluding hydrogens is 380 g/mol. The highest BCUT2D eigenvalue weighted by molar-refractivity contribution is 6.30. The molecule has 8 nitrogen and oxygen atoms in total. The lowest BCUT2D eigenvalue weighted by Crippen LogP contribution is -2.32. The lowest BCUT2D eigenvalue weighted by Gasteiger charge is -2.11. The minimum Gasteiger partial charge on any atom is -0.484 e. The molecular formula is C19H21ClN6O2. The fourth-order valence-electron chi connectivity index (χ4n) is 2.51. The maximum absolute atomic E-state index is 11.9. The number of ether oxygens (including phenoxy) is 1. The van der Waals surface area contributed by atoms with Crippen molar-refractivity contribution >= 4 is 23.3 Å². The molecule has 0 fully saturated rings. The Kier molecular flexibility index (Phi) is 6.44. The molecule has 146 valence electrons. The smallest absolute Gasteiger partial charge is 0.258 e. The largest absolute Gasteiger partial charge is 0.484 e. The molecule has 0 aliphatic carbocycles. The highest BCUT2D eigenvalue weighted by Gasteiger charge is 2.07. The number of aromatic nitrogens is 4. The minimum atomic E-state index is -0.203. The molecule has 1 amide bonds. The number of aryl methyl sites for hydroxylation is 2. The highest BCUT2D eigenvalue weighted by atomic mass is 35.5. The Balaban J connectivity index is 1.45. The molecule has 0 unspecified atom stereocenters. The number of carbonyl (C=O) groups excluding carboxylic acids is 1. The molecule has 0 saturated heterocycles. The van der Waals surface area contributed by atoms with E-state index < -0.39 is 0 Å². The third-order valence-corrected chi connectivity index (χ3v) is 4.09. The number of amides is 1. The third kappa shape index (κ3) is 5.43. The van der Waals surface area contributed by atoms with E-state index in [1.54, 1.807) is 30.5 Å². The topological polar surface area (TPSA) is 94.0 Å². The molecule has 0 spiro atoms. The van der Waals surface area contributed by atoms with Crippen molar-refractivity contribution in [2.24, 2.45) is 0 Å². The number of rotatable bonds is 8. The van der Waals surface area contributed by atoms with Crippen molar-refractivity contribution in [2.45, 2.75) is 13.8 Å². The fraction of sp³-hybridized carbons (Fsp3) is 0.263. The van der Waals surface area contributed by atoms with Crippen LogP contribution in [0, 0.1) is 13.8 Å². The summed E-state index contributed by atoms with van der Waals surface area (Å²) in [7, 11) is 0. The van der Waals surface area contributed by atoms with Crippen LogP contribution in [-0.2, 0) is 4.79 Å². The van der Waals surface area contributed by atoms with Gasteiger partial charge in [-0.1, -0.05) is 11.6 Å². The number of hydrogen-bond acceptors (Lipinski definition) is 6. The molecule has 1 aromatic carbocycles. The molecule has 9 heteroatoms. The Morgan fingerprint density at radius 3 is 2.68 bits per heavy atom. The first-order valence-corrected chi connectivity index (χ1v) is 9.14. The lowest BCUT2D eigenvalue weighted by atomic mass is 10.3. The second-order valence-corrected chi connectivity index (χ2v) is 6.46. The molecule has 0 radical (unpaired) electrons. The first kappa shape index (κ1) is 19.6. The van der Waals surface area contributed by atoms with Gasteiger partial charge in [-0.2, -0.15) is 0 Å². The van der Waals surface area contributed by atoms with Crippen LogP contribution in [0.4, 0.5) is 5.82 Å². The average Bonchev–Trinajstić information content (AvgIpc) is 3.10. The molecule has 3 rings (SSSR count). The molecule has 28 heavy (non-hydrogen) atoms. The van der Waals surface area contributed by atoms with Crippen LogP contribution in [0.25, 0.3) is 5.82 Å². The summed E-state index contributed by atoms with van der Waals surface area (Å²) in [6.07, 6.45) is 3.57. The molecule has 0 atom stereocenters. The number of benzene rings is 1. The van der Waals surface area contributed by atoms with Crippen LogP contribution in [0.2, 0.25) is 5.02 Å². The van der Waals surface area contributed by atoms with E-state index in [4.69, 9.17) is 16.3 Å². The molecule has 3 aromatic rings. The summed E-state index contributed by atoms with van der Waals surface area (Å²) in [5, 5.41) is 6.60.